The fraction of sp³-hybridized carbons (Fsp3) is 1.00. The molecule has 0 bridgehead atoms. The summed E-state index contributed by atoms with van der Waals surface area (Å²) in [6.07, 6.45) is 3.35. The maximum atomic E-state index is 6.13. The number of hydrogen-bond donors (Lipinski definition) is 1. The quantitative estimate of drug-likeness (QED) is 0.616. The molecule has 5 heteroatoms. The van der Waals surface area contributed by atoms with Crippen molar-refractivity contribution in [3.05, 3.63) is 0 Å². The summed E-state index contributed by atoms with van der Waals surface area (Å²) in [6, 6.07) is 0. The molecule has 5 nitrogen and oxygen atoms in total. The van der Waals surface area contributed by atoms with E-state index < -0.39 is 0 Å². The van der Waals surface area contributed by atoms with Crippen LogP contribution in [0, 0.1) is 0 Å². The van der Waals surface area contributed by atoms with Crippen LogP contribution >= 0.6 is 0 Å². The van der Waals surface area contributed by atoms with E-state index in [4.69, 9.17) is 15.2 Å². The monoisotopic (exact) mass is 273 g/mol. The van der Waals surface area contributed by atoms with Gasteiger partial charge >= 0.3 is 0 Å². The average Bonchev–Trinajstić information content (AvgIpc) is 2.44. The van der Waals surface area contributed by atoms with Crippen molar-refractivity contribution in [1.29, 1.82) is 0 Å². The minimum Gasteiger partial charge on any atom is -0.385 e. The lowest BCUT2D eigenvalue weighted by Crippen LogP contribution is -2.60. The Morgan fingerprint density at radius 3 is 2.26 bits per heavy atom. The summed E-state index contributed by atoms with van der Waals surface area (Å²) < 4.78 is 10.4. The molecule has 0 spiro atoms. The van der Waals surface area contributed by atoms with Gasteiger partial charge in [0, 0.05) is 46.0 Å². The molecule has 0 aliphatic carbocycles. The summed E-state index contributed by atoms with van der Waals surface area (Å²) in [6.45, 7) is 6.57. The van der Waals surface area contributed by atoms with Crippen LogP contribution in [0.2, 0.25) is 0 Å². The van der Waals surface area contributed by atoms with Gasteiger partial charge in [-0.1, -0.05) is 0 Å². The standard InChI is InChI=1S/C14H31N3O2/c1-16-8-5-14(13-15,6-9-16)17(10-12-19-3)7-4-11-18-2/h4-13,15H2,1-3H3. The second-order valence-electron chi connectivity index (χ2n) is 5.56. The first-order chi connectivity index (χ1) is 9.18. The lowest BCUT2D eigenvalue weighted by Gasteiger charge is -2.48. The zero-order valence-corrected chi connectivity index (χ0v) is 12.9. The molecular formula is C14H31N3O2. The number of likely N-dealkylation sites (tertiary alicyclic amines) is 1. The third-order valence-electron chi connectivity index (χ3n) is 4.31. The van der Waals surface area contributed by atoms with Gasteiger partial charge in [-0.05, 0) is 39.4 Å². The third kappa shape index (κ3) is 5.00. The Hall–Kier alpha value is -0.200. The van der Waals surface area contributed by atoms with Crippen LogP contribution in [-0.4, -0.2) is 82.5 Å². The topological polar surface area (TPSA) is 51.0 Å². The normalized spacial score (nSPS) is 20.1. The van der Waals surface area contributed by atoms with E-state index in [1.54, 1.807) is 14.2 Å². The fourth-order valence-electron chi connectivity index (χ4n) is 2.87. The number of nitrogens with two attached hydrogens (primary N) is 1. The Balaban J connectivity index is 2.62. The van der Waals surface area contributed by atoms with Gasteiger partial charge in [-0.15, -0.1) is 0 Å². The molecule has 0 aromatic carbocycles. The van der Waals surface area contributed by atoms with Crippen molar-refractivity contribution in [2.24, 2.45) is 5.73 Å². The molecule has 0 amide bonds. The van der Waals surface area contributed by atoms with Gasteiger partial charge in [-0.2, -0.15) is 0 Å². The van der Waals surface area contributed by atoms with Crippen LogP contribution < -0.4 is 5.73 Å². The van der Waals surface area contributed by atoms with Crippen LogP contribution in [0.3, 0.4) is 0 Å². The van der Waals surface area contributed by atoms with E-state index in [0.717, 1.165) is 65.2 Å². The van der Waals surface area contributed by atoms with E-state index in [0.29, 0.717) is 0 Å². The van der Waals surface area contributed by atoms with Crippen LogP contribution in [0.15, 0.2) is 0 Å². The number of nitrogens with zero attached hydrogens (tertiary/aromatic N) is 2. The van der Waals surface area contributed by atoms with E-state index in [-0.39, 0.29) is 5.54 Å². The molecule has 2 N–H and O–H groups in total. The number of ether oxygens (including phenoxy) is 2. The van der Waals surface area contributed by atoms with E-state index >= 15 is 0 Å². The molecule has 1 saturated heterocycles. The zero-order chi connectivity index (χ0) is 14.1. The highest BCUT2D eigenvalue weighted by Crippen LogP contribution is 2.27. The second-order valence-corrected chi connectivity index (χ2v) is 5.56. The van der Waals surface area contributed by atoms with Crippen molar-refractivity contribution >= 4 is 0 Å². The first-order valence-corrected chi connectivity index (χ1v) is 7.30. The molecule has 1 heterocycles. The van der Waals surface area contributed by atoms with Crippen molar-refractivity contribution in [3.63, 3.8) is 0 Å². The molecule has 114 valence electrons. The maximum absolute atomic E-state index is 6.13. The van der Waals surface area contributed by atoms with Crippen molar-refractivity contribution in [2.75, 3.05) is 67.2 Å². The van der Waals surface area contributed by atoms with Crippen LogP contribution in [0.5, 0.6) is 0 Å². The summed E-state index contributed by atoms with van der Waals surface area (Å²) in [7, 11) is 5.70. The minimum absolute atomic E-state index is 0.152. The summed E-state index contributed by atoms with van der Waals surface area (Å²) >= 11 is 0. The SMILES string of the molecule is COCCCN(CCOC)C1(CN)CCN(C)CC1. The predicted molar refractivity (Wildman–Crippen MR) is 78.5 cm³/mol. The Morgan fingerprint density at radius 2 is 1.74 bits per heavy atom. The molecule has 19 heavy (non-hydrogen) atoms. The van der Waals surface area contributed by atoms with Crippen molar-refractivity contribution < 1.29 is 9.47 Å². The molecule has 1 aliphatic rings. The van der Waals surface area contributed by atoms with Gasteiger partial charge in [0.15, 0.2) is 0 Å². The predicted octanol–water partition coefficient (Wildman–Crippen LogP) is 0.394. The fourth-order valence-corrected chi connectivity index (χ4v) is 2.87. The largest absolute Gasteiger partial charge is 0.385 e. The lowest BCUT2D eigenvalue weighted by atomic mass is 9.85. The highest BCUT2D eigenvalue weighted by Gasteiger charge is 2.37. The highest BCUT2D eigenvalue weighted by molar-refractivity contribution is 4.95. The highest BCUT2D eigenvalue weighted by atomic mass is 16.5. The molecule has 0 atom stereocenters. The Bertz CT molecular complexity index is 231. The molecule has 0 radical (unpaired) electrons. The van der Waals surface area contributed by atoms with E-state index in [1.165, 1.54) is 0 Å². The lowest BCUT2D eigenvalue weighted by molar-refractivity contribution is 0.0113. The van der Waals surface area contributed by atoms with Crippen molar-refractivity contribution in [2.45, 2.75) is 24.8 Å². The number of rotatable bonds is 9. The molecule has 0 aromatic rings. The van der Waals surface area contributed by atoms with Crippen LogP contribution in [0.25, 0.3) is 0 Å². The summed E-state index contributed by atoms with van der Waals surface area (Å²) in [5.41, 5.74) is 6.28. The van der Waals surface area contributed by atoms with Gasteiger partial charge in [-0.3, -0.25) is 4.90 Å². The van der Waals surface area contributed by atoms with Crippen LogP contribution in [-0.2, 0) is 9.47 Å². The van der Waals surface area contributed by atoms with Gasteiger partial charge < -0.3 is 20.1 Å². The molecule has 1 aliphatic heterocycles. The maximum Gasteiger partial charge on any atom is 0.0589 e. The molecule has 1 rings (SSSR count). The van der Waals surface area contributed by atoms with E-state index in [9.17, 15) is 0 Å². The van der Waals surface area contributed by atoms with Gasteiger partial charge in [0.25, 0.3) is 0 Å². The van der Waals surface area contributed by atoms with Crippen molar-refractivity contribution in [1.82, 2.24) is 9.80 Å². The number of hydrogen-bond acceptors (Lipinski definition) is 5. The Labute approximate surface area is 118 Å². The third-order valence-corrected chi connectivity index (χ3v) is 4.31. The molecule has 1 fully saturated rings. The summed E-state index contributed by atoms with van der Waals surface area (Å²) in [5.74, 6) is 0. The molecule has 0 unspecified atom stereocenters. The van der Waals surface area contributed by atoms with Gasteiger partial charge in [-0.25, -0.2) is 0 Å². The van der Waals surface area contributed by atoms with Crippen LogP contribution in [0.4, 0.5) is 0 Å². The van der Waals surface area contributed by atoms with Gasteiger partial charge in [0.05, 0.1) is 6.61 Å². The Morgan fingerprint density at radius 1 is 1.11 bits per heavy atom. The first-order valence-electron chi connectivity index (χ1n) is 7.30. The van der Waals surface area contributed by atoms with Crippen LogP contribution in [0.1, 0.15) is 19.3 Å². The van der Waals surface area contributed by atoms with Crippen molar-refractivity contribution in [3.8, 4) is 0 Å². The Kier molecular flexibility index (Phi) is 7.87. The second kappa shape index (κ2) is 8.87. The van der Waals surface area contributed by atoms with E-state index in [1.807, 2.05) is 0 Å². The zero-order valence-electron chi connectivity index (χ0n) is 12.9. The average molecular weight is 273 g/mol. The minimum atomic E-state index is 0.152. The smallest absolute Gasteiger partial charge is 0.0589 e. The molecular weight excluding hydrogens is 242 g/mol. The van der Waals surface area contributed by atoms with E-state index in [2.05, 4.69) is 16.8 Å². The first kappa shape index (κ1) is 16.9. The van der Waals surface area contributed by atoms with Gasteiger partial charge in [0.2, 0.25) is 0 Å². The number of methoxy groups -OCH3 is 2. The summed E-state index contributed by atoms with van der Waals surface area (Å²) in [4.78, 5) is 4.92. The summed E-state index contributed by atoms with van der Waals surface area (Å²) in [5, 5.41) is 0. The number of piperidine rings is 1. The van der Waals surface area contributed by atoms with Gasteiger partial charge in [0.1, 0.15) is 0 Å². The molecule has 0 aromatic heterocycles. The molecule has 0 saturated carbocycles.